The van der Waals surface area contributed by atoms with Gasteiger partial charge in [0.1, 0.15) is 0 Å². The third-order valence-electron chi connectivity index (χ3n) is 3.91. The van der Waals surface area contributed by atoms with Crippen molar-refractivity contribution in [2.24, 2.45) is 5.41 Å². The molecule has 0 aliphatic carbocycles. The smallest absolute Gasteiger partial charge is 0.272 e. The molecule has 1 N–H and O–H groups in total. The molecule has 0 radical (unpaired) electrons. The minimum absolute atomic E-state index is 0.0643. The second-order valence-electron chi connectivity index (χ2n) is 7.86. The van der Waals surface area contributed by atoms with Crippen LogP contribution < -0.4 is 5.32 Å². The van der Waals surface area contributed by atoms with Crippen LogP contribution in [0, 0.1) is 15.5 Å². The van der Waals surface area contributed by atoms with E-state index in [1.165, 1.54) is 12.8 Å². The molecule has 0 spiro atoms. The summed E-state index contributed by atoms with van der Waals surface area (Å²) in [4.78, 5) is 10.7. The first-order chi connectivity index (χ1) is 10.1. The van der Waals surface area contributed by atoms with Crippen LogP contribution in [-0.2, 0) is 6.42 Å². The molecule has 1 aromatic carbocycles. The number of benzene rings is 1. The normalized spacial score (nSPS) is 12.4. The molecule has 0 saturated heterocycles. The Labute approximate surface area is 134 Å². The van der Waals surface area contributed by atoms with Gasteiger partial charge in [-0.1, -0.05) is 45.4 Å². The highest BCUT2D eigenvalue weighted by Crippen LogP contribution is 2.24. The second-order valence-corrected chi connectivity index (χ2v) is 7.86. The van der Waals surface area contributed by atoms with E-state index in [4.69, 9.17) is 0 Å². The quantitative estimate of drug-likeness (QED) is 0.558. The molecule has 0 unspecified atom stereocenters. The van der Waals surface area contributed by atoms with Crippen molar-refractivity contribution in [2.45, 2.75) is 65.8 Å². The van der Waals surface area contributed by atoms with Crippen molar-refractivity contribution in [2.75, 3.05) is 6.54 Å². The fourth-order valence-electron chi connectivity index (χ4n) is 2.58. The molecule has 0 aliphatic rings. The van der Waals surface area contributed by atoms with E-state index in [2.05, 4.69) is 39.9 Å². The van der Waals surface area contributed by atoms with Gasteiger partial charge >= 0.3 is 0 Å². The summed E-state index contributed by atoms with van der Waals surface area (Å²) in [6.07, 6.45) is 4.19. The molecule has 0 bridgehead atoms. The number of hydrogen-bond donors (Lipinski definition) is 1. The lowest BCUT2D eigenvalue weighted by molar-refractivity contribution is -0.385. The Kier molecular flexibility index (Phi) is 6.54. The van der Waals surface area contributed by atoms with Crippen LogP contribution in [0.1, 0.15) is 59.4 Å². The molecule has 0 fully saturated rings. The molecule has 1 aromatic rings. The summed E-state index contributed by atoms with van der Waals surface area (Å²) >= 11 is 0. The second kappa shape index (κ2) is 7.73. The maximum absolute atomic E-state index is 11.0. The predicted octanol–water partition coefficient (Wildman–Crippen LogP) is 4.72. The summed E-state index contributed by atoms with van der Waals surface area (Å²) in [7, 11) is 0. The zero-order valence-electron chi connectivity index (χ0n) is 14.6. The van der Waals surface area contributed by atoms with Crippen LogP contribution in [0.4, 0.5) is 5.69 Å². The molecular formula is C18H30N2O2. The molecule has 22 heavy (non-hydrogen) atoms. The molecule has 0 aliphatic heterocycles. The minimum atomic E-state index is -0.302. The van der Waals surface area contributed by atoms with Gasteiger partial charge in [0.15, 0.2) is 0 Å². The fraction of sp³-hybridized carbons (Fsp3) is 0.667. The minimum Gasteiger partial charge on any atom is -0.311 e. The molecule has 4 heteroatoms. The summed E-state index contributed by atoms with van der Waals surface area (Å²) in [6.45, 7) is 12.0. The van der Waals surface area contributed by atoms with Gasteiger partial charge in [-0.3, -0.25) is 10.1 Å². The third-order valence-corrected chi connectivity index (χ3v) is 3.91. The Bertz CT molecular complexity index is 490. The van der Waals surface area contributed by atoms with E-state index in [1.807, 2.05) is 12.1 Å². The van der Waals surface area contributed by atoms with Crippen LogP contribution in [0.5, 0.6) is 0 Å². The standard InChI is InChI=1S/C18H30N2O2/c1-17(2,3)12-8-13-18(4,5)19-14-11-15-9-6-7-10-16(15)20(21)22/h6-7,9-10,19H,8,11-14H2,1-5H3. The lowest BCUT2D eigenvalue weighted by Crippen LogP contribution is -2.40. The number of para-hydroxylation sites is 1. The Balaban J connectivity index is 2.44. The molecule has 124 valence electrons. The van der Waals surface area contributed by atoms with E-state index in [0.717, 1.165) is 18.5 Å². The summed E-state index contributed by atoms with van der Waals surface area (Å²) in [6, 6.07) is 6.98. The van der Waals surface area contributed by atoms with E-state index < -0.39 is 0 Å². The molecular weight excluding hydrogens is 276 g/mol. The number of hydrogen-bond acceptors (Lipinski definition) is 3. The zero-order chi connectivity index (χ0) is 16.8. The van der Waals surface area contributed by atoms with Gasteiger partial charge in [-0.15, -0.1) is 0 Å². The molecule has 1 rings (SSSR count). The maximum atomic E-state index is 11.0. The Morgan fingerprint density at radius 3 is 2.32 bits per heavy atom. The van der Waals surface area contributed by atoms with E-state index in [9.17, 15) is 10.1 Å². The monoisotopic (exact) mass is 306 g/mol. The molecule has 4 nitrogen and oxygen atoms in total. The van der Waals surface area contributed by atoms with Gasteiger partial charge in [-0.05, 0) is 45.1 Å². The molecule has 0 aromatic heterocycles. The number of nitro groups is 1. The molecule has 0 heterocycles. The Morgan fingerprint density at radius 2 is 1.73 bits per heavy atom. The van der Waals surface area contributed by atoms with Crippen molar-refractivity contribution >= 4 is 5.69 Å². The van der Waals surface area contributed by atoms with Crippen molar-refractivity contribution in [3.63, 3.8) is 0 Å². The number of nitrogens with one attached hydrogen (secondary N) is 1. The SMILES string of the molecule is CC(C)(C)CCCC(C)(C)NCCc1ccccc1[N+](=O)[O-]. The number of nitro benzene ring substituents is 1. The summed E-state index contributed by atoms with van der Waals surface area (Å²) in [5.41, 5.74) is 1.45. The molecule has 0 saturated carbocycles. The number of rotatable bonds is 8. The van der Waals surface area contributed by atoms with E-state index in [-0.39, 0.29) is 16.1 Å². The molecule has 0 atom stereocenters. The zero-order valence-corrected chi connectivity index (χ0v) is 14.6. The van der Waals surface area contributed by atoms with Gasteiger partial charge < -0.3 is 5.32 Å². The van der Waals surface area contributed by atoms with E-state index in [1.54, 1.807) is 12.1 Å². The fourth-order valence-corrected chi connectivity index (χ4v) is 2.58. The largest absolute Gasteiger partial charge is 0.311 e. The van der Waals surface area contributed by atoms with Crippen LogP contribution in [-0.4, -0.2) is 17.0 Å². The predicted molar refractivity (Wildman–Crippen MR) is 92.2 cm³/mol. The van der Waals surface area contributed by atoms with Gasteiger partial charge in [0.25, 0.3) is 5.69 Å². The highest BCUT2D eigenvalue weighted by atomic mass is 16.6. The lowest BCUT2D eigenvalue weighted by Gasteiger charge is -2.28. The summed E-state index contributed by atoms with van der Waals surface area (Å²) < 4.78 is 0. The first-order valence-corrected chi connectivity index (χ1v) is 8.08. The van der Waals surface area contributed by atoms with Gasteiger partial charge in [0.2, 0.25) is 0 Å². The Hall–Kier alpha value is -1.42. The average molecular weight is 306 g/mol. The van der Waals surface area contributed by atoms with Crippen molar-refractivity contribution in [3.8, 4) is 0 Å². The van der Waals surface area contributed by atoms with Crippen molar-refractivity contribution < 1.29 is 4.92 Å². The van der Waals surface area contributed by atoms with Crippen LogP contribution in [0.25, 0.3) is 0 Å². The third kappa shape index (κ3) is 7.03. The van der Waals surface area contributed by atoms with Crippen LogP contribution in [0.3, 0.4) is 0 Å². The van der Waals surface area contributed by atoms with Crippen molar-refractivity contribution in [1.29, 1.82) is 0 Å². The van der Waals surface area contributed by atoms with Gasteiger partial charge in [-0.25, -0.2) is 0 Å². The van der Waals surface area contributed by atoms with Crippen molar-refractivity contribution in [3.05, 3.63) is 39.9 Å². The highest BCUT2D eigenvalue weighted by Gasteiger charge is 2.19. The van der Waals surface area contributed by atoms with Crippen LogP contribution >= 0.6 is 0 Å². The van der Waals surface area contributed by atoms with Gasteiger partial charge in [-0.2, -0.15) is 0 Å². The maximum Gasteiger partial charge on any atom is 0.272 e. The van der Waals surface area contributed by atoms with Crippen LogP contribution in [0.2, 0.25) is 0 Å². The number of nitrogens with zero attached hydrogens (tertiary/aromatic N) is 1. The summed E-state index contributed by atoms with van der Waals surface area (Å²) in [5.74, 6) is 0. The van der Waals surface area contributed by atoms with E-state index in [0.29, 0.717) is 11.8 Å². The van der Waals surface area contributed by atoms with Gasteiger partial charge in [0.05, 0.1) is 4.92 Å². The molecule has 0 amide bonds. The van der Waals surface area contributed by atoms with Crippen molar-refractivity contribution in [1.82, 2.24) is 5.32 Å². The first kappa shape index (κ1) is 18.6. The van der Waals surface area contributed by atoms with Crippen LogP contribution in [0.15, 0.2) is 24.3 Å². The lowest BCUT2D eigenvalue weighted by atomic mass is 9.86. The average Bonchev–Trinajstić information content (AvgIpc) is 2.37. The topological polar surface area (TPSA) is 55.2 Å². The van der Waals surface area contributed by atoms with Gasteiger partial charge in [0, 0.05) is 17.2 Å². The van der Waals surface area contributed by atoms with E-state index >= 15 is 0 Å². The summed E-state index contributed by atoms with van der Waals surface area (Å²) in [5, 5.41) is 14.5. The Morgan fingerprint density at radius 1 is 1.09 bits per heavy atom. The highest BCUT2D eigenvalue weighted by molar-refractivity contribution is 5.39. The first-order valence-electron chi connectivity index (χ1n) is 8.08.